The van der Waals surface area contributed by atoms with E-state index in [-0.39, 0.29) is 36.1 Å². The summed E-state index contributed by atoms with van der Waals surface area (Å²) in [5.41, 5.74) is 0.347. The van der Waals surface area contributed by atoms with Crippen molar-refractivity contribution >= 4 is 24.0 Å². The predicted octanol–water partition coefficient (Wildman–Crippen LogP) is 2.52. The predicted molar refractivity (Wildman–Crippen MR) is 105 cm³/mol. The van der Waals surface area contributed by atoms with Crippen LogP contribution in [0.3, 0.4) is 0 Å². The summed E-state index contributed by atoms with van der Waals surface area (Å²) in [6, 6.07) is 5.66. The summed E-state index contributed by atoms with van der Waals surface area (Å²) in [5, 5.41) is 10.7. The van der Waals surface area contributed by atoms with Crippen LogP contribution in [0.4, 0.5) is 14.5 Å². The molecule has 2 N–H and O–H groups in total. The zero-order valence-corrected chi connectivity index (χ0v) is 16.2. The summed E-state index contributed by atoms with van der Waals surface area (Å²) in [6.45, 7) is 2.74. The SMILES string of the molecule is Cl.O=C(NC1CCN(c2c(F)cccc2F)C1)c1ccn(C2CCCNC2)n1. The molecule has 2 aliphatic rings. The Morgan fingerprint density at radius 3 is 2.71 bits per heavy atom. The number of piperidine rings is 1. The van der Waals surface area contributed by atoms with Gasteiger partial charge in [0, 0.05) is 31.9 Å². The topological polar surface area (TPSA) is 62.2 Å². The van der Waals surface area contributed by atoms with Crippen LogP contribution in [-0.4, -0.2) is 47.9 Å². The Hall–Kier alpha value is -2.19. The van der Waals surface area contributed by atoms with Crippen molar-refractivity contribution in [1.82, 2.24) is 20.4 Å². The van der Waals surface area contributed by atoms with Crippen molar-refractivity contribution in [1.29, 1.82) is 0 Å². The van der Waals surface area contributed by atoms with E-state index in [2.05, 4.69) is 15.7 Å². The van der Waals surface area contributed by atoms with Gasteiger partial charge in [-0.15, -0.1) is 12.4 Å². The molecule has 4 rings (SSSR count). The molecule has 2 saturated heterocycles. The van der Waals surface area contributed by atoms with E-state index in [9.17, 15) is 13.6 Å². The second-order valence-corrected chi connectivity index (χ2v) is 7.16. The lowest BCUT2D eigenvalue weighted by molar-refractivity contribution is 0.0934. The number of hydrogen-bond donors (Lipinski definition) is 2. The van der Waals surface area contributed by atoms with Gasteiger partial charge in [-0.2, -0.15) is 5.10 Å². The summed E-state index contributed by atoms with van der Waals surface area (Å²) in [6.07, 6.45) is 4.60. The van der Waals surface area contributed by atoms with Gasteiger partial charge in [0.1, 0.15) is 23.0 Å². The van der Waals surface area contributed by atoms with Gasteiger partial charge < -0.3 is 15.5 Å². The lowest BCUT2D eigenvalue weighted by Crippen LogP contribution is -2.37. The molecule has 28 heavy (non-hydrogen) atoms. The number of rotatable bonds is 4. The second kappa shape index (κ2) is 8.87. The third-order valence-corrected chi connectivity index (χ3v) is 5.26. The highest BCUT2D eigenvalue weighted by atomic mass is 35.5. The molecule has 0 saturated carbocycles. The minimum Gasteiger partial charge on any atom is -0.365 e. The molecule has 1 aromatic carbocycles. The highest BCUT2D eigenvalue weighted by Gasteiger charge is 2.28. The fourth-order valence-corrected chi connectivity index (χ4v) is 3.85. The molecule has 2 aromatic rings. The summed E-state index contributed by atoms with van der Waals surface area (Å²) in [5.74, 6) is -1.41. The lowest BCUT2D eigenvalue weighted by atomic mass is 10.1. The Bertz CT molecular complexity index is 804. The number of carbonyl (C=O) groups excluding carboxylic acids is 1. The average Bonchev–Trinajstić information content (AvgIpc) is 3.32. The molecule has 2 fully saturated rings. The van der Waals surface area contributed by atoms with Gasteiger partial charge in [-0.3, -0.25) is 9.48 Å². The number of amides is 1. The first kappa shape index (κ1) is 20.5. The number of aromatic nitrogens is 2. The van der Waals surface area contributed by atoms with Crippen molar-refractivity contribution in [3.63, 3.8) is 0 Å². The first-order valence-corrected chi connectivity index (χ1v) is 9.37. The van der Waals surface area contributed by atoms with Gasteiger partial charge in [-0.05, 0) is 44.0 Å². The van der Waals surface area contributed by atoms with Gasteiger partial charge in [0.2, 0.25) is 0 Å². The Morgan fingerprint density at radius 2 is 2.00 bits per heavy atom. The third kappa shape index (κ3) is 4.28. The average molecular weight is 412 g/mol. The third-order valence-electron chi connectivity index (χ3n) is 5.26. The molecule has 0 radical (unpaired) electrons. The van der Waals surface area contributed by atoms with Crippen LogP contribution >= 0.6 is 12.4 Å². The Balaban J connectivity index is 0.00000225. The van der Waals surface area contributed by atoms with Gasteiger partial charge in [0.05, 0.1) is 6.04 Å². The molecular formula is C19H24ClF2N5O. The first-order chi connectivity index (χ1) is 13.1. The normalized spacial score (nSPS) is 22.0. The number of halogens is 3. The Morgan fingerprint density at radius 1 is 1.21 bits per heavy atom. The fraction of sp³-hybridized carbons (Fsp3) is 0.474. The molecule has 2 unspecified atom stereocenters. The van der Waals surface area contributed by atoms with E-state index in [1.165, 1.54) is 18.2 Å². The maximum absolute atomic E-state index is 13.9. The summed E-state index contributed by atoms with van der Waals surface area (Å²) in [7, 11) is 0. The molecule has 1 amide bonds. The Labute approximate surface area is 168 Å². The number of carbonyl (C=O) groups is 1. The van der Waals surface area contributed by atoms with Crippen LogP contribution in [0, 0.1) is 11.6 Å². The van der Waals surface area contributed by atoms with Crippen LogP contribution < -0.4 is 15.5 Å². The van der Waals surface area contributed by atoms with Crippen molar-refractivity contribution in [3.8, 4) is 0 Å². The smallest absolute Gasteiger partial charge is 0.272 e. The van der Waals surface area contributed by atoms with E-state index in [0.29, 0.717) is 25.2 Å². The number of hydrogen-bond acceptors (Lipinski definition) is 4. The van der Waals surface area contributed by atoms with Crippen molar-refractivity contribution in [3.05, 3.63) is 47.8 Å². The molecule has 9 heteroatoms. The minimum atomic E-state index is -0.582. The van der Waals surface area contributed by atoms with Crippen LogP contribution in [0.5, 0.6) is 0 Å². The number of nitrogens with one attached hydrogen (secondary N) is 2. The summed E-state index contributed by atoms with van der Waals surface area (Å²) < 4.78 is 29.7. The zero-order chi connectivity index (χ0) is 18.8. The maximum atomic E-state index is 13.9. The number of benzene rings is 1. The minimum absolute atomic E-state index is 0. The van der Waals surface area contributed by atoms with Gasteiger partial charge in [0.25, 0.3) is 5.91 Å². The first-order valence-electron chi connectivity index (χ1n) is 9.37. The standard InChI is InChI=1S/C19H23F2N5O.ClH/c20-15-4-1-5-16(21)18(15)25-9-6-13(12-25)23-19(27)17-7-10-26(24-17)14-3-2-8-22-11-14;/h1,4-5,7,10,13-14,22H,2-3,6,8-9,11-12H2,(H,23,27);1H. The van der Waals surface area contributed by atoms with Crippen LogP contribution in [-0.2, 0) is 0 Å². The maximum Gasteiger partial charge on any atom is 0.272 e. The Kier molecular flexibility index (Phi) is 6.51. The molecular weight excluding hydrogens is 388 g/mol. The van der Waals surface area contributed by atoms with E-state index in [1.54, 1.807) is 11.0 Å². The zero-order valence-electron chi connectivity index (χ0n) is 15.4. The molecule has 0 bridgehead atoms. The molecule has 6 nitrogen and oxygen atoms in total. The van der Waals surface area contributed by atoms with Gasteiger partial charge in [0.15, 0.2) is 0 Å². The van der Waals surface area contributed by atoms with Crippen molar-refractivity contribution in [2.24, 2.45) is 0 Å². The fourth-order valence-electron chi connectivity index (χ4n) is 3.85. The molecule has 1 aromatic heterocycles. The summed E-state index contributed by atoms with van der Waals surface area (Å²) >= 11 is 0. The molecule has 152 valence electrons. The van der Waals surface area contributed by atoms with E-state index in [0.717, 1.165) is 25.9 Å². The van der Waals surface area contributed by atoms with Crippen LogP contribution in [0.15, 0.2) is 30.5 Å². The van der Waals surface area contributed by atoms with E-state index in [4.69, 9.17) is 0 Å². The van der Waals surface area contributed by atoms with Gasteiger partial charge in [-0.1, -0.05) is 6.07 Å². The van der Waals surface area contributed by atoms with Crippen LogP contribution in [0.2, 0.25) is 0 Å². The lowest BCUT2D eigenvalue weighted by Gasteiger charge is -2.23. The molecule has 3 heterocycles. The number of anilines is 1. The second-order valence-electron chi connectivity index (χ2n) is 7.16. The number of nitrogens with zero attached hydrogens (tertiary/aromatic N) is 3. The van der Waals surface area contributed by atoms with Crippen LogP contribution in [0.1, 0.15) is 35.8 Å². The van der Waals surface area contributed by atoms with Crippen molar-refractivity contribution in [2.75, 3.05) is 31.1 Å². The van der Waals surface area contributed by atoms with Crippen molar-refractivity contribution in [2.45, 2.75) is 31.3 Å². The molecule has 0 aliphatic carbocycles. The number of para-hydroxylation sites is 1. The molecule has 2 aliphatic heterocycles. The highest BCUT2D eigenvalue weighted by Crippen LogP contribution is 2.26. The largest absolute Gasteiger partial charge is 0.365 e. The van der Waals surface area contributed by atoms with E-state index < -0.39 is 11.6 Å². The highest BCUT2D eigenvalue weighted by molar-refractivity contribution is 5.92. The van der Waals surface area contributed by atoms with Crippen LogP contribution in [0.25, 0.3) is 0 Å². The molecule has 2 atom stereocenters. The summed E-state index contributed by atoms with van der Waals surface area (Å²) in [4.78, 5) is 14.1. The quantitative estimate of drug-likeness (QED) is 0.811. The van der Waals surface area contributed by atoms with Gasteiger partial charge in [-0.25, -0.2) is 8.78 Å². The van der Waals surface area contributed by atoms with Gasteiger partial charge >= 0.3 is 0 Å². The van der Waals surface area contributed by atoms with E-state index >= 15 is 0 Å². The van der Waals surface area contributed by atoms with Crippen molar-refractivity contribution < 1.29 is 13.6 Å². The monoisotopic (exact) mass is 411 g/mol. The van der Waals surface area contributed by atoms with E-state index in [1.807, 2.05) is 10.9 Å². The molecule has 0 spiro atoms.